The first-order chi connectivity index (χ1) is 10.5. The fourth-order valence-electron chi connectivity index (χ4n) is 2.08. The summed E-state index contributed by atoms with van der Waals surface area (Å²) in [4.78, 5) is 24.1. The Kier molecular flexibility index (Phi) is 3.47. The summed E-state index contributed by atoms with van der Waals surface area (Å²) in [5.74, 6) is -1.28. The number of carbonyl (C=O) groups is 1. The van der Waals surface area contributed by atoms with Gasteiger partial charge in [0.25, 0.3) is 0 Å². The molecular weight excluding hydrogens is 287 g/mol. The summed E-state index contributed by atoms with van der Waals surface area (Å²) >= 11 is 0. The average molecular weight is 298 g/mol. The summed E-state index contributed by atoms with van der Waals surface area (Å²) in [6.07, 6.45) is 0. The zero-order chi connectivity index (χ0) is 15.7. The molecule has 5 heteroatoms. The zero-order valence-corrected chi connectivity index (χ0v) is 11.6. The predicted octanol–water partition coefficient (Wildman–Crippen LogP) is 3.46. The van der Waals surface area contributed by atoms with Crippen molar-refractivity contribution in [3.8, 4) is 5.75 Å². The molecule has 3 aromatic rings. The number of esters is 1. The van der Waals surface area contributed by atoms with Gasteiger partial charge in [0, 0.05) is 6.07 Å². The lowest BCUT2D eigenvalue weighted by atomic mass is 10.1. The second-order valence-corrected chi connectivity index (χ2v) is 4.77. The Labute approximate surface area is 124 Å². The van der Waals surface area contributed by atoms with E-state index in [-0.39, 0.29) is 16.9 Å². The summed E-state index contributed by atoms with van der Waals surface area (Å²) < 4.78 is 23.4. The van der Waals surface area contributed by atoms with Gasteiger partial charge in [-0.25, -0.2) is 9.18 Å². The molecule has 0 aliphatic carbocycles. The highest BCUT2D eigenvalue weighted by Gasteiger charge is 2.15. The van der Waals surface area contributed by atoms with Crippen molar-refractivity contribution in [3.05, 3.63) is 75.9 Å². The molecule has 0 fully saturated rings. The molecular formula is C17H11FO4. The molecule has 110 valence electrons. The fraction of sp³-hybridized carbons (Fsp3) is 0.0588. The van der Waals surface area contributed by atoms with Crippen LogP contribution in [0.2, 0.25) is 0 Å². The average Bonchev–Trinajstić information content (AvgIpc) is 2.50. The van der Waals surface area contributed by atoms with Gasteiger partial charge < -0.3 is 9.15 Å². The van der Waals surface area contributed by atoms with Gasteiger partial charge in [-0.15, -0.1) is 0 Å². The molecule has 0 amide bonds. The van der Waals surface area contributed by atoms with E-state index < -0.39 is 11.8 Å². The van der Waals surface area contributed by atoms with E-state index in [0.717, 1.165) is 11.6 Å². The summed E-state index contributed by atoms with van der Waals surface area (Å²) in [6.45, 7) is 1.78. The van der Waals surface area contributed by atoms with Crippen molar-refractivity contribution in [2.75, 3.05) is 0 Å². The third kappa shape index (κ3) is 2.61. The van der Waals surface area contributed by atoms with Crippen molar-refractivity contribution in [2.24, 2.45) is 0 Å². The highest BCUT2D eigenvalue weighted by atomic mass is 19.1. The third-order valence-corrected chi connectivity index (χ3v) is 3.18. The number of para-hydroxylation sites is 1. The number of rotatable bonds is 2. The Hall–Kier alpha value is -2.95. The second-order valence-electron chi connectivity index (χ2n) is 4.77. The second kappa shape index (κ2) is 5.44. The standard InChI is InChI=1S/C17H11FO4/c1-10-3-2-4-13-14(19)9-15(22-16(10)13)17(20)21-12-7-5-11(18)6-8-12/h2-9H,1H3. The van der Waals surface area contributed by atoms with Crippen LogP contribution in [0.4, 0.5) is 4.39 Å². The molecule has 3 rings (SSSR count). The van der Waals surface area contributed by atoms with Gasteiger partial charge in [0.15, 0.2) is 5.43 Å². The number of fused-ring (bicyclic) bond motifs is 1. The van der Waals surface area contributed by atoms with Crippen LogP contribution in [0.15, 0.2) is 57.7 Å². The summed E-state index contributed by atoms with van der Waals surface area (Å²) in [6, 6.07) is 11.2. The molecule has 0 saturated carbocycles. The van der Waals surface area contributed by atoms with Gasteiger partial charge in [0.2, 0.25) is 5.76 Å². The van der Waals surface area contributed by atoms with Crippen molar-refractivity contribution < 1.29 is 18.3 Å². The van der Waals surface area contributed by atoms with E-state index in [9.17, 15) is 14.0 Å². The summed E-state index contributed by atoms with van der Waals surface area (Å²) in [5, 5.41) is 0.401. The maximum absolute atomic E-state index is 12.8. The van der Waals surface area contributed by atoms with Crippen LogP contribution in [0.5, 0.6) is 5.75 Å². The zero-order valence-electron chi connectivity index (χ0n) is 11.6. The monoisotopic (exact) mass is 298 g/mol. The molecule has 0 aliphatic rings. The lowest BCUT2D eigenvalue weighted by molar-refractivity contribution is 0.0702. The molecule has 22 heavy (non-hydrogen) atoms. The minimum atomic E-state index is -0.811. The van der Waals surface area contributed by atoms with E-state index in [1.807, 2.05) is 0 Å². The molecule has 0 radical (unpaired) electrons. The number of carbonyl (C=O) groups excluding carboxylic acids is 1. The van der Waals surface area contributed by atoms with Gasteiger partial charge in [-0.05, 0) is 42.8 Å². The molecule has 0 unspecified atom stereocenters. The van der Waals surface area contributed by atoms with E-state index in [2.05, 4.69) is 0 Å². The van der Waals surface area contributed by atoms with Crippen LogP contribution in [-0.4, -0.2) is 5.97 Å². The van der Waals surface area contributed by atoms with E-state index in [1.54, 1.807) is 25.1 Å². The van der Waals surface area contributed by atoms with Gasteiger partial charge in [0.05, 0.1) is 5.39 Å². The molecule has 1 aromatic heterocycles. The summed E-state index contributed by atoms with van der Waals surface area (Å²) in [7, 11) is 0. The number of hydrogen-bond acceptors (Lipinski definition) is 4. The molecule has 0 saturated heterocycles. The quantitative estimate of drug-likeness (QED) is 0.537. The third-order valence-electron chi connectivity index (χ3n) is 3.18. The van der Waals surface area contributed by atoms with Crippen LogP contribution in [0.3, 0.4) is 0 Å². The maximum atomic E-state index is 12.8. The van der Waals surface area contributed by atoms with E-state index in [1.165, 1.54) is 24.3 Å². The molecule has 4 nitrogen and oxygen atoms in total. The summed E-state index contributed by atoms with van der Waals surface area (Å²) in [5.41, 5.74) is 0.767. The van der Waals surface area contributed by atoms with Gasteiger partial charge >= 0.3 is 5.97 Å². The van der Waals surface area contributed by atoms with E-state index in [0.29, 0.717) is 11.0 Å². The molecule has 0 aliphatic heterocycles. The first kappa shape index (κ1) is 14.0. The number of halogens is 1. The fourth-order valence-corrected chi connectivity index (χ4v) is 2.08. The highest BCUT2D eigenvalue weighted by molar-refractivity contribution is 5.90. The molecule has 0 bridgehead atoms. The molecule has 0 atom stereocenters. The SMILES string of the molecule is Cc1cccc2c(=O)cc(C(=O)Oc3ccc(F)cc3)oc12. The Morgan fingerprint density at radius 2 is 1.86 bits per heavy atom. The van der Waals surface area contributed by atoms with Crippen LogP contribution < -0.4 is 10.2 Å². The highest BCUT2D eigenvalue weighted by Crippen LogP contribution is 2.18. The van der Waals surface area contributed by atoms with Crippen LogP contribution in [0.1, 0.15) is 16.1 Å². The topological polar surface area (TPSA) is 56.5 Å². The smallest absolute Gasteiger partial charge is 0.379 e. The lowest BCUT2D eigenvalue weighted by Crippen LogP contribution is -2.12. The Bertz CT molecular complexity index is 910. The van der Waals surface area contributed by atoms with Crippen molar-refractivity contribution in [3.63, 3.8) is 0 Å². The van der Waals surface area contributed by atoms with Crippen molar-refractivity contribution in [1.82, 2.24) is 0 Å². The number of benzene rings is 2. The Balaban J connectivity index is 1.99. The first-order valence-electron chi connectivity index (χ1n) is 6.56. The van der Waals surface area contributed by atoms with Crippen LogP contribution in [0, 0.1) is 12.7 Å². The Morgan fingerprint density at radius 3 is 2.59 bits per heavy atom. The van der Waals surface area contributed by atoms with Crippen LogP contribution in [-0.2, 0) is 0 Å². The van der Waals surface area contributed by atoms with Gasteiger partial charge in [-0.3, -0.25) is 4.79 Å². The van der Waals surface area contributed by atoms with Crippen molar-refractivity contribution in [2.45, 2.75) is 6.92 Å². The first-order valence-corrected chi connectivity index (χ1v) is 6.56. The number of hydrogen-bond donors (Lipinski definition) is 0. The number of aryl methyl sites for hydroxylation is 1. The van der Waals surface area contributed by atoms with Gasteiger partial charge in [-0.2, -0.15) is 0 Å². The van der Waals surface area contributed by atoms with Crippen molar-refractivity contribution in [1.29, 1.82) is 0 Å². The van der Waals surface area contributed by atoms with E-state index >= 15 is 0 Å². The minimum absolute atomic E-state index is 0.166. The van der Waals surface area contributed by atoms with Crippen LogP contribution in [0.25, 0.3) is 11.0 Å². The molecule has 2 aromatic carbocycles. The molecule has 0 spiro atoms. The normalized spacial score (nSPS) is 10.6. The minimum Gasteiger partial charge on any atom is -0.448 e. The Morgan fingerprint density at radius 1 is 1.14 bits per heavy atom. The molecule has 0 N–H and O–H groups in total. The largest absolute Gasteiger partial charge is 0.448 e. The van der Waals surface area contributed by atoms with Crippen molar-refractivity contribution >= 4 is 16.9 Å². The maximum Gasteiger partial charge on any atom is 0.379 e. The van der Waals surface area contributed by atoms with Gasteiger partial charge in [-0.1, -0.05) is 12.1 Å². The lowest BCUT2D eigenvalue weighted by Gasteiger charge is -2.05. The number of ether oxygens (including phenoxy) is 1. The predicted molar refractivity (Wildman–Crippen MR) is 78.6 cm³/mol. The van der Waals surface area contributed by atoms with Gasteiger partial charge in [0.1, 0.15) is 17.1 Å². The van der Waals surface area contributed by atoms with E-state index in [4.69, 9.17) is 9.15 Å². The molecule has 1 heterocycles. The van der Waals surface area contributed by atoms with Crippen LogP contribution >= 0.6 is 0 Å².